The molecule has 0 aliphatic heterocycles. The van der Waals surface area contributed by atoms with Crippen LogP contribution < -0.4 is 4.74 Å². The topological polar surface area (TPSA) is 118 Å². The van der Waals surface area contributed by atoms with E-state index in [1.54, 1.807) is 43.8 Å². The van der Waals surface area contributed by atoms with E-state index in [2.05, 4.69) is 10.2 Å². The van der Waals surface area contributed by atoms with Crippen molar-refractivity contribution in [2.24, 2.45) is 7.05 Å². The molecule has 12 heteroatoms. The third-order valence-electron chi connectivity index (χ3n) is 6.52. The lowest BCUT2D eigenvalue weighted by atomic mass is 9.95. The summed E-state index contributed by atoms with van der Waals surface area (Å²) in [5.74, 6) is -1.01. The maximum atomic E-state index is 14.0. The Hall–Kier alpha value is -3.70. The molecule has 0 N–H and O–H groups in total. The van der Waals surface area contributed by atoms with Crippen LogP contribution in [0.5, 0.6) is 5.88 Å². The van der Waals surface area contributed by atoms with Gasteiger partial charge in [0, 0.05) is 43.5 Å². The number of carbonyl (C=O) groups excluding carboxylic acids is 2. The number of aromatic nitrogens is 5. The van der Waals surface area contributed by atoms with Gasteiger partial charge in [-0.1, -0.05) is 11.6 Å². The highest BCUT2D eigenvalue weighted by Gasteiger charge is 2.29. The second-order valence-electron chi connectivity index (χ2n) is 9.07. The molecule has 0 spiro atoms. The van der Waals surface area contributed by atoms with Gasteiger partial charge in [0.2, 0.25) is 11.7 Å². The van der Waals surface area contributed by atoms with Crippen LogP contribution in [0.15, 0.2) is 41.7 Å². The maximum Gasteiger partial charge on any atom is 0.346 e. The summed E-state index contributed by atoms with van der Waals surface area (Å²) in [5.41, 5.74) is 2.76. The molecule has 0 fully saturated rings. The number of nitrogens with zero attached hydrogens (tertiary/aromatic N) is 5. The van der Waals surface area contributed by atoms with Crippen LogP contribution in [-0.2, 0) is 30.0 Å². The van der Waals surface area contributed by atoms with E-state index in [4.69, 9.17) is 16.3 Å². The number of ether oxygens (including phenoxy) is 1. The Morgan fingerprint density at radius 3 is 2.37 bits per heavy atom. The summed E-state index contributed by atoms with van der Waals surface area (Å²) in [5, 5.41) is 8.97. The van der Waals surface area contributed by atoms with Crippen molar-refractivity contribution in [2.75, 3.05) is 6.26 Å². The number of esters is 1. The summed E-state index contributed by atoms with van der Waals surface area (Å²) in [7, 11) is -1.80. The Morgan fingerprint density at radius 1 is 1.11 bits per heavy atom. The van der Waals surface area contributed by atoms with Gasteiger partial charge in [-0.15, -0.1) is 0 Å². The molecule has 0 unspecified atom stereocenters. The quantitative estimate of drug-likeness (QED) is 0.238. The number of hydrogen-bond acceptors (Lipinski definition) is 7. The third-order valence-corrected chi connectivity index (χ3v) is 7.90. The smallest absolute Gasteiger partial charge is 0.346 e. The van der Waals surface area contributed by atoms with Gasteiger partial charge in [0.25, 0.3) is 0 Å². The van der Waals surface area contributed by atoms with Gasteiger partial charge in [-0.2, -0.15) is 10.2 Å². The highest BCUT2D eigenvalue weighted by atomic mass is 35.5. The predicted molar refractivity (Wildman–Crippen MR) is 142 cm³/mol. The van der Waals surface area contributed by atoms with Crippen LogP contribution in [0.2, 0.25) is 5.02 Å². The maximum absolute atomic E-state index is 14.0. The van der Waals surface area contributed by atoms with E-state index in [9.17, 15) is 18.0 Å². The summed E-state index contributed by atoms with van der Waals surface area (Å²) in [6, 6.07) is 4.54. The van der Waals surface area contributed by atoms with E-state index in [-0.39, 0.29) is 28.4 Å². The van der Waals surface area contributed by atoms with Gasteiger partial charge in [-0.25, -0.2) is 17.9 Å². The number of ketones is 1. The van der Waals surface area contributed by atoms with Crippen molar-refractivity contribution in [3.05, 3.63) is 81.0 Å². The van der Waals surface area contributed by atoms with Crippen molar-refractivity contribution in [1.29, 1.82) is 0 Å². The zero-order chi connectivity index (χ0) is 27.9. The predicted octanol–water partition coefficient (Wildman–Crippen LogP) is 3.92. The van der Waals surface area contributed by atoms with Gasteiger partial charge in [0.05, 0.1) is 33.9 Å². The fourth-order valence-electron chi connectivity index (χ4n) is 4.35. The Morgan fingerprint density at radius 2 is 1.82 bits per heavy atom. The highest BCUT2D eigenvalue weighted by molar-refractivity contribution is 7.90. The number of rotatable bonds is 8. The molecular weight excluding hydrogens is 530 g/mol. The first-order valence-corrected chi connectivity index (χ1v) is 14.1. The van der Waals surface area contributed by atoms with Crippen LogP contribution in [0.3, 0.4) is 0 Å². The van der Waals surface area contributed by atoms with Crippen LogP contribution in [0.1, 0.15) is 55.7 Å². The molecule has 1 aromatic carbocycles. The zero-order valence-corrected chi connectivity index (χ0v) is 23.5. The fourth-order valence-corrected chi connectivity index (χ4v) is 5.49. The minimum Gasteiger partial charge on any atom is -0.403 e. The van der Waals surface area contributed by atoms with E-state index in [0.29, 0.717) is 34.0 Å². The highest BCUT2D eigenvalue weighted by Crippen LogP contribution is 2.31. The molecule has 0 saturated carbocycles. The minimum absolute atomic E-state index is 0.0373. The van der Waals surface area contributed by atoms with Crippen LogP contribution >= 0.6 is 11.6 Å². The van der Waals surface area contributed by atoms with Crippen LogP contribution in [0, 0.1) is 20.8 Å². The lowest BCUT2D eigenvalue weighted by Crippen LogP contribution is -2.17. The molecule has 200 valence electrons. The van der Waals surface area contributed by atoms with Crippen LogP contribution in [0.25, 0.3) is 0 Å². The normalized spacial score (nSPS) is 11.7. The van der Waals surface area contributed by atoms with Crippen molar-refractivity contribution in [1.82, 2.24) is 24.1 Å². The van der Waals surface area contributed by atoms with E-state index >= 15 is 0 Å². The lowest BCUT2D eigenvalue weighted by molar-refractivity contribution is 0.0715. The van der Waals surface area contributed by atoms with Crippen molar-refractivity contribution in [3.63, 3.8) is 0 Å². The molecule has 0 saturated heterocycles. The standard InChI is InChI=1S/C26H28ClN5O5S/c1-7-32-25(37-26(34)20-10-11-30(5)17(20)4)23(16(3)29-32)24(33)19-8-9-22(38(6,35)36)21(15(19)2)14-31-13-18(27)12-28-31/h8-13H,7,14H2,1-6H3. The van der Waals surface area contributed by atoms with E-state index in [1.807, 2.05) is 14.0 Å². The Bertz CT molecular complexity index is 1680. The SMILES string of the molecule is CCn1nc(C)c(C(=O)c2ccc(S(C)(=O)=O)c(Cn3cc(Cl)cn3)c2C)c1OC(=O)c1ccn(C)c1C. The van der Waals surface area contributed by atoms with Crippen molar-refractivity contribution < 1.29 is 22.7 Å². The summed E-state index contributed by atoms with van der Waals surface area (Å²) >= 11 is 6.00. The summed E-state index contributed by atoms with van der Waals surface area (Å²) in [6.45, 7) is 7.42. The van der Waals surface area contributed by atoms with Gasteiger partial charge in [0.15, 0.2) is 9.84 Å². The molecule has 38 heavy (non-hydrogen) atoms. The first-order chi connectivity index (χ1) is 17.8. The van der Waals surface area contributed by atoms with Gasteiger partial charge in [0.1, 0.15) is 5.56 Å². The molecule has 4 aromatic rings. The van der Waals surface area contributed by atoms with E-state index < -0.39 is 21.6 Å². The van der Waals surface area contributed by atoms with Crippen molar-refractivity contribution in [3.8, 4) is 5.88 Å². The molecule has 0 bridgehead atoms. The largest absolute Gasteiger partial charge is 0.403 e. The van der Waals surface area contributed by atoms with E-state index in [1.165, 1.54) is 27.7 Å². The molecule has 3 heterocycles. The van der Waals surface area contributed by atoms with Gasteiger partial charge in [-0.05, 0) is 57.0 Å². The molecular formula is C26H28ClN5O5S. The lowest BCUT2D eigenvalue weighted by Gasteiger charge is -2.16. The zero-order valence-electron chi connectivity index (χ0n) is 21.9. The minimum atomic E-state index is -3.61. The molecule has 0 atom stereocenters. The summed E-state index contributed by atoms with van der Waals surface area (Å²) < 4.78 is 35.7. The van der Waals surface area contributed by atoms with Crippen LogP contribution in [0.4, 0.5) is 0 Å². The molecule has 0 aliphatic rings. The molecule has 10 nitrogen and oxygen atoms in total. The second-order valence-corrected chi connectivity index (χ2v) is 11.5. The monoisotopic (exact) mass is 557 g/mol. The van der Waals surface area contributed by atoms with Crippen LogP contribution in [-0.4, -0.2) is 50.6 Å². The average molecular weight is 558 g/mol. The Balaban J connectivity index is 1.82. The van der Waals surface area contributed by atoms with Gasteiger partial charge in [-0.3, -0.25) is 9.48 Å². The first-order valence-electron chi connectivity index (χ1n) is 11.8. The van der Waals surface area contributed by atoms with E-state index in [0.717, 1.165) is 11.9 Å². The Labute approximate surface area is 225 Å². The average Bonchev–Trinajstić information content (AvgIpc) is 3.50. The molecule has 3 aromatic heterocycles. The summed E-state index contributed by atoms with van der Waals surface area (Å²) in [4.78, 5) is 27.1. The number of benzene rings is 1. The fraction of sp³-hybridized carbons (Fsp3) is 0.308. The molecule has 0 aliphatic carbocycles. The number of aryl methyl sites for hydroxylation is 3. The van der Waals surface area contributed by atoms with Crippen molar-refractivity contribution >= 4 is 33.2 Å². The number of hydrogen-bond donors (Lipinski definition) is 0. The first kappa shape index (κ1) is 27.3. The summed E-state index contributed by atoms with van der Waals surface area (Å²) in [6.07, 6.45) is 5.88. The molecule has 0 radical (unpaired) electrons. The number of halogens is 1. The van der Waals surface area contributed by atoms with Crippen molar-refractivity contribution in [2.45, 2.75) is 45.7 Å². The molecule has 0 amide bonds. The Kier molecular flexibility index (Phi) is 7.35. The van der Waals surface area contributed by atoms with Gasteiger partial charge >= 0.3 is 5.97 Å². The third kappa shape index (κ3) is 5.03. The second kappa shape index (κ2) is 10.2. The number of sulfone groups is 1. The number of carbonyl (C=O) groups is 2. The van der Waals surface area contributed by atoms with Gasteiger partial charge < -0.3 is 9.30 Å². The molecule has 4 rings (SSSR count).